The maximum absolute atomic E-state index is 9.36. The van der Waals surface area contributed by atoms with E-state index in [1.807, 2.05) is 13.0 Å². The average Bonchev–Trinajstić information content (AvgIpc) is 2.52. The number of aryl methyl sites for hydroxylation is 1. The van der Waals surface area contributed by atoms with E-state index in [9.17, 15) is 5.11 Å². The number of aromatic nitrogens is 1. The minimum absolute atomic E-state index is 0.0781. The number of hydrogen-bond donors (Lipinski definition) is 3. The van der Waals surface area contributed by atoms with E-state index < -0.39 is 0 Å². The van der Waals surface area contributed by atoms with Gasteiger partial charge >= 0.3 is 0 Å². The molecule has 1 heterocycles. The third-order valence-corrected chi connectivity index (χ3v) is 3.99. The van der Waals surface area contributed by atoms with Gasteiger partial charge in [-0.15, -0.1) is 0 Å². The highest BCUT2D eigenvalue weighted by atomic mass is 16.4. The number of aliphatic hydroxyl groups excluding tert-OH is 1. The van der Waals surface area contributed by atoms with E-state index >= 15 is 0 Å². The van der Waals surface area contributed by atoms with Gasteiger partial charge in [-0.25, -0.2) is 4.98 Å². The molecule has 0 amide bonds. The van der Waals surface area contributed by atoms with Crippen molar-refractivity contribution in [3.05, 3.63) is 23.4 Å². The summed E-state index contributed by atoms with van der Waals surface area (Å²) in [4.78, 5) is 6.72. The summed E-state index contributed by atoms with van der Waals surface area (Å²) in [6, 6.07) is 4.02. The number of nitrogens with zero attached hydrogens (tertiary/aromatic N) is 3. The lowest BCUT2D eigenvalue weighted by Gasteiger charge is -2.35. The van der Waals surface area contributed by atoms with E-state index in [4.69, 9.17) is 10.9 Å². The molecule has 2 rings (SSSR count). The fourth-order valence-corrected chi connectivity index (χ4v) is 2.99. The van der Waals surface area contributed by atoms with Gasteiger partial charge in [-0.3, -0.25) is 0 Å². The monoisotopic (exact) mass is 292 g/mol. The predicted molar refractivity (Wildman–Crippen MR) is 82.8 cm³/mol. The summed E-state index contributed by atoms with van der Waals surface area (Å²) in [6.07, 6.45) is 5.94. The number of pyridine rings is 1. The third kappa shape index (κ3) is 3.85. The zero-order valence-electron chi connectivity index (χ0n) is 12.5. The second-order valence-electron chi connectivity index (χ2n) is 5.55. The highest BCUT2D eigenvalue weighted by Gasteiger charge is 2.22. The molecule has 0 radical (unpaired) electrons. The average molecular weight is 292 g/mol. The van der Waals surface area contributed by atoms with Gasteiger partial charge in [0.15, 0.2) is 5.84 Å². The standard InChI is InChI=1S/C15H24N4O2/c1-11-9-12(15(16)18-21)10-14(17-11)19(7-8-20)13-5-3-2-4-6-13/h9-10,13,20-21H,2-8H2,1H3,(H2,16,18). The van der Waals surface area contributed by atoms with Crippen molar-refractivity contribution in [2.24, 2.45) is 10.9 Å². The summed E-state index contributed by atoms with van der Waals surface area (Å²) in [5, 5.41) is 21.3. The van der Waals surface area contributed by atoms with E-state index in [1.165, 1.54) is 19.3 Å². The van der Waals surface area contributed by atoms with Crippen molar-refractivity contribution in [3.8, 4) is 0 Å². The van der Waals surface area contributed by atoms with Gasteiger partial charge in [0.05, 0.1) is 6.61 Å². The van der Waals surface area contributed by atoms with E-state index in [-0.39, 0.29) is 12.4 Å². The first-order valence-electron chi connectivity index (χ1n) is 7.49. The van der Waals surface area contributed by atoms with Crippen molar-refractivity contribution in [1.82, 2.24) is 4.98 Å². The molecule has 0 atom stereocenters. The Bertz CT molecular complexity index is 498. The second-order valence-corrected chi connectivity index (χ2v) is 5.55. The summed E-state index contributed by atoms with van der Waals surface area (Å²) in [5.41, 5.74) is 7.15. The van der Waals surface area contributed by atoms with E-state index in [0.717, 1.165) is 24.4 Å². The van der Waals surface area contributed by atoms with Crippen LogP contribution in [-0.4, -0.2) is 40.3 Å². The molecule has 1 fully saturated rings. The van der Waals surface area contributed by atoms with Crippen molar-refractivity contribution in [3.63, 3.8) is 0 Å². The van der Waals surface area contributed by atoms with E-state index in [2.05, 4.69) is 15.0 Å². The quantitative estimate of drug-likeness (QED) is 0.332. The summed E-state index contributed by atoms with van der Waals surface area (Å²) < 4.78 is 0. The molecule has 0 aliphatic heterocycles. The second kappa shape index (κ2) is 7.26. The molecule has 0 bridgehead atoms. The number of aliphatic hydroxyl groups is 1. The molecule has 1 aliphatic rings. The maximum atomic E-state index is 9.36. The van der Waals surface area contributed by atoms with Crippen molar-refractivity contribution in [2.75, 3.05) is 18.1 Å². The zero-order chi connectivity index (χ0) is 15.2. The van der Waals surface area contributed by atoms with Gasteiger partial charge in [0, 0.05) is 23.8 Å². The van der Waals surface area contributed by atoms with Gasteiger partial charge in [0.1, 0.15) is 5.82 Å². The van der Waals surface area contributed by atoms with Crippen molar-refractivity contribution in [1.29, 1.82) is 0 Å². The first kappa shape index (κ1) is 15.6. The Hall–Kier alpha value is -1.82. The molecule has 21 heavy (non-hydrogen) atoms. The Morgan fingerprint density at radius 3 is 2.71 bits per heavy atom. The van der Waals surface area contributed by atoms with Crippen molar-refractivity contribution >= 4 is 11.7 Å². The van der Waals surface area contributed by atoms with Crippen LogP contribution in [0, 0.1) is 6.92 Å². The van der Waals surface area contributed by atoms with Crippen LogP contribution in [0.5, 0.6) is 0 Å². The van der Waals surface area contributed by atoms with Crippen molar-refractivity contribution < 1.29 is 10.3 Å². The molecule has 0 saturated heterocycles. The fraction of sp³-hybridized carbons (Fsp3) is 0.600. The van der Waals surface area contributed by atoms with Crippen LogP contribution in [0.15, 0.2) is 17.3 Å². The van der Waals surface area contributed by atoms with Gasteiger partial charge in [0.25, 0.3) is 0 Å². The van der Waals surface area contributed by atoms with Crippen LogP contribution >= 0.6 is 0 Å². The highest BCUT2D eigenvalue weighted by molar-refractivity contribution is 5.97. The van der Waals surface area contributed by atoms with Gasteiger partial charge in [0.2, 0.25) is 0 Å². The molecule has 1 aliphatic carbocycles. The number of anilines is 1. The van der Waals surface area contributed by atoms with E-state index in [1.54, 1.807) is 6.07 Å². The highest BCUT2D eigenvalue weighted by Crippen LogP contribution is 2.27. The molecular weight excluding hydrogens is 268 g/mol. The van der Waals surface area contributed by atoms with Crippen LogP contribution in [0.4, 0.5) is 5.82 Å². The molecule has 6 nitrogen and oxygen atoms in total. The van der Waals surface area contributed by atoms with Gasteiger partial charge in [-0.05, 0) is 31.9 Å². The number of hydrogen-bond acceptors (Lipinski definition) is 5. The van der Waals surface area contributed by atoms with Crippen LogP contribution in [0.2, 0.25) is 0 Å². The summed E-state index contributed by atoms with van der Waals surface area (Å²) >= 11 is 0. The summed E-state index contributed by atoms with van der Waals surface area (Å²) in [5.74, 6) is 0.867. The third-order valence-electron chi connectivity index (χ3n) is 3.99. The molecule has 6 heteroatoms. The first-order chi connectivity index (χ1) is 10.2. The topological polar surface area (TPSA) is 95.0 Å². The van der Waals surface area contributed by atoms with Crippen LogP contribution in [0.25, 0.3) is 0 Å². The normalized spacial score (nSPS) is 17.0. The molecule has 0 spiro atoms. The molecule has 1 saturated carbocycles. The molecule has 0 aromatic carbocycles. The number of oxime groups is 1. The molecule has 4 N–H and O–H groups in total. The molecule has 1 aromatic heterocycles. The van der Waals surface area contributed by atoms with E-state index in [0.29, 0.717) is 18.2 Å². The molecular formula is C15H24N4O2. The fourth-order valence-electron chi connectivity index (χ4n) is 2.99. The molecule has 1 aromatic rings. The Balaban J connectivity index is 2.32. The minimum Gasteiger partial charge on any atom is -0.409 e. The molecule has 0 unspecified atom stereocenters. The smallest absolute Gasteiger partial charge is 0.170 e. The number of amidine groups is 1. The van der Waals surface area contributed by atoms with Crippen LogP contribution in [0.3, 0.4) is 0 Å². The zero-order valence-corrected chi connectivity index (χ0v) is 12.5. The SMILES string of the molecule is Cc1cc(/C(N)=N/O)cc(N(CCO)C2CCCCC2)n1. The largest absolute Gasteiger partial charge is 0.409 e. The first-order valence-corrected chi connectivity index (χ1v) is 7.49. The van der Waals surface area contributed by atoms with Crippen LogP contribution < -0.4 is 10.6 Å². The Kier molecular flexibility index (Phi) is 5.38. The number of nitrogens with two attached hydrogens (primary N) is 1. The van der Waals surface area contributed by atoms with Gasteiger partial charge in [-0.1, -0.05) is 24.4 Å². The summed E-state index contributed by atoms with van der Waals surface area (Å²) in [7, 11) is 0. The predicted octanol–water partition coefficient (Wildman–Crippen LogP) is 1.62. The molecule has 116 valence electrons. The number of rotatable bonds is 5. The van der Waals surface area contributed by atoms with Crippen LogP contribution in [0.1, 0.15) is 43.4 Å². The van der Waals surface area contributed by atoms with Crippen LogP contribution in [-0.2, 0) is 0 Å². The van der Waals surface area contributed by atoms with Crippen molar-refractivity contribution in [2.45, 2.75) is 45.1 Å². The lowest BCUT2D eigenvalue weighted by atomic mass is 9.94. The Morgan fingerprint density at radius 1 is 1.38 bits per heavy atom. The summed E-state index contributed by atoms with van der Waals surface area (Å²) in [6.45, 7) is 2.53. The Labute approximate surface area is 125 Å². The Morgan fingerprint density at radius 2 is 2.10 bits per heavy atom. The maximum Gasteiger partial charge on any atom is 0.170 e. The van der Waals surface area contributed by atoms with Gasteiger partial charge < -0.3 is 20.9 Å². The van der Waals surface area contributed by atoms with Gasteiger partial charge in [-0.2, -0.15) is 0 Å². The lowest BCUT2D eigenvalue weighted by Crippen LogP contribution is -2.39. The minimum atomic E-state index is 0.0781. The lowest BCUT2D eigenvalue weighted by molar-refractivity contribution is 0.289.